The summed E-state index contributed by atoms with van der Waals surface area (Å²) in [6, 6.07) is 9.93. The summed E-state index contributed by atoms with van der Waals surface area (Å²) in [6.07, 6.45) is 1.63. The first-order chi connectivity index (χ1) is 18.0. The van der Waals surface area contributed by atoms with Crippen molar-refractivity contribution in [1.29, 1.82) is 0 Å². The summed E-state index contributed by atoms with van der Waals surface area (Å²) >= 11 is 0. The number of piperazine rings is 1. The van der Waals surface area contributed by atoms with Crippen LogP contribution in [0.2, 0.25) is 0 Å². The van der Waals surface area contributed by atoms with Gasteiger partial charge in [0.15, 0.2) is 23.3 Å². The Morgan fingerprint density at radius 1 is 0.816 bits per heavy atom. The number of carbonyl (C=O) groups excluding carboxylic acids is 1. The molecule has 1 amide bonds. The summed E-state index contributed by atoms with van der Waals surface area (Å²) in [5.41, 5.74) is 1.41. The molecular formula is C26H23F5N6O. The molecule has 0 bridgehead atoms. The van der Waals surface area contributed by atoms with Gasteiger partial charge in [-0.2, -0.15) is 9.50 Å². The summed E-state index contributed by atoms with van der Waals surface area (Å²) < 4.78 is 70.3. The molecule has 0 aliphatic carbocycles. The molecule has 198 valence electrons. The highest BCUT2D eigenvalue weighted by Gasteiger charge is 2.33. The van der Waals surface area contributed by atoms with Gasteiger partial charge < -0.3 is 9.80 Å². The molecule has 4 aromatic rings. The first kappa shape index (κ1) is 25.6. The van der Waals surface area contributed by atoms with Crippen LogP contribution in [-0.4, -0.2) is 56.6 Å². The molecule has 2 aromatic heterocycles. The van der Waals surface area contributed by atoms with E-state index in [1.165, 1.54) is 5.56 Å². The van der Waals surface area contributed by atoms with Gasteiger partial charge in [0.05, 0.1) is 5.69 Å². The van der Waals surface area contributed by atoms with E-state index in [4.69, 9.17) is 0 Å². The van der Waals surface area contributed by atoms with Crippen LogP contribution in [0.15, 0.2) is 36.5 Å². The molecule has 0 saturated carbocycles. The van der Waals surface area contributed by atoms with Crippen LogP contribution in [0.1, 0.15) is 36.7 Å². The highest BCUT2D eigenvalue weighted by molar-refractivity contribution is 5.95. The van der Waals surface area contributed by atoms with Crippen LogP contribution in [0, 0.1) is 29.1 Å². The van der Waals surface area contributed by atoms with Crippen molar-refractivity contribution in [2.24, 2.45) is 0 Å². The number of hydrogen-bond donors (Lipinski definition) is 0. The van der Waals surface area contributed by atoms with Crippen molar-refractivity contribution >= 4 is 17.6 Å². The van der Waals surface area contributed by atoms with Crippen LogP contribution in [0.3, 0.4) is 0 Å². The Morgan fingerprint density at radius 2 is 1.39 bits per heavy atom. The Labute approximate surface area is 214 Å². The maximum absolute atomic E-state index is 14.1. The predicted molar refractivity (Wildman–Crippen MR) is 129 cm³/mol. The number of benzene rings is 2. The molecule has 2 aromatic carbocycles. The van der Waals surface area contributed by atoms with Gasteiger partial charge in [0.25, 0.3) is 11.7 Å². The molecule has 7 nitrogen and oxygen atoms in total. The van der Waals surface area contributed by atoms with Crippen LogP contribution in [0.5, 0.6) is 0 Å². The van der Waals surface area contributed by atoms with Crippen molar-refractivity contribution < 1.29 is 26.7 Å². The minimum Gasteiger partial charge on any atom is -0.336 e. The number of nitrogens with zero attached hydrogens (tertiary/aromatic N) is 6. The summed E-state index contributed by atoms with van der Waals surface area (Å²) in [7, 11) is 0. The highest BCUT2D eigenvalue weighted by atomic mass is 19.2. The van der Waals surface area contributed by atoms with Gasteiger partial charge in [-0.25, -0.2) is 26.9 Å². The Kier molecular flexibility index (Phi) is 6.28. The van der Waals surface area contributed by atoms with E-state index < -0.39 is 40.6 Å². The smallest absolute Gasteiger partial charge is 0.260 e. The first-order valence-corrected chi connectivity index (χ1v) is 11.9. The van der Waals surface area contributed by atoms with Gasteiger partial charge in [-0.3, -0.25) is 4.79 Å². The summed E-state index contributed by atoms with van der Waals surface area (Å²) in [6.45, 7) is 6.67. The molecule has 0 radical (unpaired) electrons. The molecule has 0 unspecified atom stereocenters. The number of anilines is 1. The average Bonchev–Trinajstić information content (AvgIpc) is 3.35. The largest absolute Gasteiger partial charge is 0.336 e. The number of amides is 1. The molecule has 1 saturated heterocycles. The average molecular weight is 531 g/mol. The SMILES string of the molecule is CC(C)(C)c1ccc(-c2ccnc3nc(N4CCN(C(=O)c5c(F)c(F)c(F)c(F)c5F)CC4)nn23)cc1. The molecule has 0 atom stereocenters. The number of fused-ring (bicyclic) bond motifs is 1. The Bertz CT molecular complexity index is 1510. The van der Waals surface area contributed by atoms with E-state index in [0.29, 0.717) is 11.7 Å². The van der Waals surface area contributed by atoms with Crippen molar-refractivity contribution in [3.63, 3.8) is 0 Å². The van der Waals surface area contributed by atoms with Crippen LogP contribution in [0.4, 0.5) is 27.9 Å². The lowest BCUT2D eigenvalue weighted by atomic mass is 9.86. The minimum absolute atomic E-state index is 0.00656. The second-order valence-electron chi connectivity index (χ2n) is 10.0. The van der Waals surface area contributed by atoms with E-state index in [1.54, 1.807) is 15.6 Å². The van der Waals surface area contributed by atoms with Crippen LogP contribution in [0.25, 0.3) is 17.0 Å². The van der Waals surface area contributed by atoms with E-state index in [0.717, 1.165) is 16.2 Å². The number of rotatable bonds is 3. The normalized spacial score (nSPS) is 14.4. The fourth-order valence-corrected chi connectivity index (χ4v) is 4.34. The van der Waals surface area contributed by atoms with Crippen molar-refractivity contribution in [2.75, 3.05) is 31.1 Å². The maximum Gasteiger partial charge on any atom is 0.260 e. The summed E-state index contributed by atoms with van der Waals surface area (Å²) in [5.74, 6) is -11.5. The van der Waals surface area contributed by atoms with E-state index in [9.17, 15) is 26.7 Å². The van der Waals surface area contributed by atoms with Crippen LogP contribution < -0.4 is 4.90 Å². The number of aromatic nitrogens is 4. The monoisotopic (exact) mass is 530 g/mol. The van der Waals surface area contributed by atoms with Crippen LogP contribution in [-0.2, 0) is 5.41 Å². The number of carbonyl (C=O) groups is 1. The lowest BCUT2D eigenvalue weighted by molar-refractivity contribution is 0.0733. The van der Waals surface area contributed by atoms with Gasteiger partial charge in [0.1, 0.15) is 5.56 Å². The third-order valence-electron chi connectivity index (χ3n) is 6.55. The number of halogens is 5. The van der Waals surface area contributed by atoms with E-state index in [-0.39, 0.29) is 31.6 Å². The standard InChI is InChI=1S/C26H23F5N6O/c1-26(2,3)15-6-4-14(5-7-15)16-8-9-32-24-33-25(34-37(16)24)36-12-10-35(11-13-36)23(38)17-18(27)20(29)22(31)21(30)19(17)28/h4-9H,10-13H2,1-3H3. The second kappa shape index (κ2) is 9.34. The van der Waals surface area contributed by atoms with Gasteiger partial charge in [0.2, 0.25) is 11.8 Å². The fourth-order valence-electron chi connectivity index (χ4n) is 4.34. The lowest BCUT2D eigenvalue weighted by Crippen LogP contribution is -2.49. The van der Waals surface area contributed by atoms with Crippen LogP contribution >= 0.6 is 0 Å². The van der Waals surface area contributed by atoms with E-state index in [2.05, 4.69) is 48.0 Å². The topological polar surface area (TPSA) is 66.6 Å². The van der Waals surface area contributed by atoms with E-state index in [1.807, 2.05) is 18.2 Å². The molecule has 38 heavy (non-hydrogen) atoms. The Morgan fingerprint density at radius 3 is 1.97 bits per heavy atom. The minimum atomic E-state index is -2.31. The fraction of sp³-hybridized carbons (Fsp3) is 0.308. The molecule has 5 rings (SSSR count). The quantitative estimate of drug-likeness (QED) is 0.217. The summed E-state index contributed by atoms with van der Waals surface area (Å²) in [5, 5.41) is 4.58. The molecule has 3 heterocycles. The molecule has 1 aliphatic rings. The Balaban J connectivity index is 1.36. The third kappa shape index (κ3) is 4.33. The zero-order valence-electron chi connectivity index (χ0n) is 20.8. The van der Waals surface area contributed by atoms with Gasteiger partial charge in [0, 0.05) is 37.9 Å². The first-order valence-electron chi connectivity index (χ1n) is 11.9. The predicted octanol–water partition coefficient (Wildman–Crippen LogP) is 4.75. The number of hydrogen-bond acceptors (Lipinski definition) is 5. The van der Waals surface area contributed by atoms with Gasteiger partial charge in [-0.15, -0.1) is 5.10 Å². The molecule has 1 aliphatic heterocycles. The highest BCUT2D eigenvalue weighted by Crippen LogP contribution is 2.28. The van der Waals surface area contributed by atoms with E-state index >= 15 is 0 Å². The molecule has 0 N–H and O–H groups in total. The van der Waals surface area contributed by atoms with Gasteiger partial charge >= 0.3 is 0 Å². The third-order valence-corrected chi connectivity index (χ3v) is 6.55. The van der Waals surface area contributed by atoms with Gasteiger partial charge in [-0.1, -0.05) is 45.0 Å². The maximum atomic E-state index is 14.1. The molecule has 1 fully saturated rings. The van der Waals surface area contributed by atoms with Crippen molar-refractivity contribution in [1.82, 2.24) is 24.5 Å². The molecule has 12 heteroatoms. The zero-order chi connectivity index (χ0) is 27.4. The van der Waals surface area contributed by atoms with Gasteiger partial charge in [-0.05, 0) is 17.0 Å². The summed E-state index contributed by atoms with van der Waals surface area (Å²) in [4.78, 5) is 24.2. The van der Waals surface area contributed by atoms with Crippen molar-refractivity contribution in [3.05, 3.63) is 76.7 Å². The van der Waals surface area contributed by atoms with Crippen molar-refractivity contribution in [3.8, 4) is 11.3 Å². The van der Waals surface area contributed by atoms with Crippen molar-refractivity contribution in [2.45, 2.75) is 26.2 Å². The zero-order valence-corrected chi connectivity index (χ0v) is 20.8. The molecular weight excluding hydrogens is 507 g/mol. The lowest BCUT2D eigenvalue weighted by Gasteiger charge is -2.34. The second-order valence-corrected chi connectivity index (χ2v) is 10.0. The Hall–Kier alpha value is -4.09. The molecule has 0 spiro atoms.